The number of hydrogen-bond acceptors (Lipinski definition) is 5. The molecule has 0 radical (unpaired) electrons. The number of urea groups is 1. The van der Waals surface area contributed by atoms with Crippen molar-refractivity contribution in [2.24, 2.45) is 5.10 Å². The van der Waals surface area contributed by atoms with Gasteiger partial charge in [-0.3, -0.25) is 0 Å². The van der Waals surface area contributed by atoms with Crippen LogP contribution in [0.2, 0.25) is 0 Å². The second-order valence-electron chi connectivity index (χ2n) is 6.84. The first-order valence-electron chi connectivity index (χ1n) is 9.13. The van der Waals surface area contributed by atoms with Crippen LogP contribution in [0.5, 0.6) is 5.75 Å². The van der Waals surface area contributed by atoms with Crippen molar-refractivity contribution in [3.05, 3.63) is 59.4 Å². The highest BCUT2D eigenvalue weighted by molar-refractivity contribution is 5.78. The van der Waals surface area contributed by atoms with Crippen LogP contribution in [0, 0.1) is 23.0 Å². The molecule has 0 saturated carbocycles. The monoisotopic (exact) mass is 397 g/mol. The van der Waals surface area contributed by atoms with Gasteiger partial charge in [0, 0.05) is 43.9 Å². The summed E-state index contributed by atoms with van der Waals surface area (Å²) in [6.07, 6.45) is 3.83. The summed E-state index contributed by atoms with van der Waals surface area (Å²) in [5, 5.41) is 14.3. The van der Waals surface area contributed by atoms with Crippen LogP contribution in [-0.4, -0.2) is 46.3 Å². The number of carbonyl (C=O) groups excluding carboxylic acids is 1. The van der Waals surface area contributed by atoms with E-state index in [2.05, 4.69) is 10.1 Å². The van der Waals surface area contributed by atoms with E-state index in [1.54, 1.807) is 23.2 Å². The maximum absolute atomic E-state index is 13.6. The van der Waals surface area contributed by atoms with Crippen molar-refractivity contribution in [2.45, 2.75) is 25.0 Å². The zero-order valence-electron chi connectivity index (χ0n) is 15.3. The minimum Gasteiger partial charge on any atom is -0.488 e. The van der Waals surface area contributed by atoms with Crippen LogP contribution in [0.1, 0.15) is 30.1 Å². The topological polar surface area (TPSA) is 81.8 Å². The molecule has 0 N–H and O–H groups in total. The fourth-order valence-electron chi connectivity index (χ4n) is 3.52. The number of pyridine rings is 1. The third kappa shape index (κ3) is 4.01. The van der Waals surface area contributed by atoms with Gasteiger partial charge in [-0.05, 0) is 23.8 Å². The van der Waals surface area contributed by atoms with E-state index in [9.17, 15) is 13.6 Å². The maximum Gasteiger partial charge on any atom is 0.341 e. The Bertz CT molecular complexity index is 986. The van der Waals surface area contributed by atoms with E-state index in [0.717, 1.165) is 6.07 Å². The molecule has 7 nitrogen and oxygen atoms in total. The van der Waals surface area contributed by atoms with Gasteiger partial charge in [0.2, 0.25) is 0 Å². The lowest BCUT2D eigenvalue weighted by molar-refractivity contribution is 0.142. The highest BCUT2D eigenvalue weighted by Crippen LogP contribution is 2.31. The Kier molecular flexibility index (Phi) is 5.08. The van der Waals surface area contributed by atoms with E-state index in [0.29, 0.717) is 37.2 Å². The molecule has 1 aromatic heterocycles. The van der Waals surface area contributed by atoms with Crippen LogP contribution in [0.4, 0.5) is 13.6 Å². The summed E-state index contributed by atoms with van der Waals surface area (Å²) in [6.45, 7) is 0.815. The molecule has 2 amide bonds. The molecule has 2 aliphatic heterocycles. The number of nitriles is 1. The van der Waals surface area contributed by atoms with Crippen molar-refractivity contribution in [2.75, 3.05) is 13.1 Å². The third-order valence-corrected chi connectivity index (χ3v) is 4.86. The Morgan fingerprint density at radius 3 is 2.79 bits per heavy atom. The molecular formula is C20H17F2N5O2. The number of ether oxygens (including phenoxy) is 1. The van der Waals surface area contributed by atoms with Crippen LogP contribution in [0.3, 0.4) is 0 Å². The van der Waals surface area contributed by atoms with Gasteiger partial charge in [0.05, 0.1) is 12.6 Å². The lowest BCUT2D eigenvalue weighted by atomic mass is 10.0. The van der Waals surface area contributed by atoms with Crippen molar-refractivity contribution in [1.29, 1.82) is 5.26 Å². The molecule has 1 saturated heterocycles. The number of benzene rings is 1. The van der Waals surface area contributed by atoms with Gasteiger partial charge in [-0.1, -0.05) is 0 Å². The van der Waals surface area contributed by atoms with E-state index in [1.807, 2.05) is 6.07 Å². The molecule has 9 heteroatoms. The summed E-state index contributed by atoms with van der Waals surface area (Å²) in [5.41, 5.74) is 0.617. The average Bonchev–Trinajstić information content (AvgIpc) is 3.36. The Labute approximate surface area is 165 Å². The van der Waals surface area contributed by atoms with E-state index in [4.69, 9.17) is 10.00 Å². The minimum absolute atomic E-state index is 0.232. The number of aromatic nitrogens is 1. The van der Waals surface area contributed by atoms with Crippen molar-refractivity contribution in [1.82, 2.24) is 14.9 Å². The summed E-state index contributed by atoms with van der Waals surface area (Å²) in [7, 11) is 0. The van der Waals surface area contributed by atoms with E-state index in [-0.39, 0.29) is 17.8 Å². The molecule has 3 heterocycles. The van der Waals surface area contributed by atoms with Crippen LogP contribution in [-0.2, 0) is 0 Å². The van der Waals surface area contributed by atoms with Gasteiger partial charge in [-0.2, -0.15) is 10.4 Å². The average molecular weight is 397 g/mol. The zero-order valence-corrected chi connectivity index (χ0v) is 15.3. The molecule has 148 valence electrons. The Morgan fingerprint density at radius 2 is 2.03 bits per heavy atom. The van der Waals surface area contributed by atoms with Gasteiger partial charge < -0.3 is 9.64 Å². The minimum atomic E-state index is -0.692. The number of halogens is 2. The molecule has 0 unspecified atom stereocenters. The van der Waals surface area contributed by atoms with Crippen LogP contribution >= 0.6 is 0 Å². The number of nitrogens with zero attached hydrogens (tertiary/aromatic N) is 5. The molecule has 2 aromatic rings. The summed E-state index contributed by atoms with van der Waals surface area (Å²) in [4.78, 5) is 18.4. The van der Waals surface area contributed by atoms with E-state index in [1.165, 1.54) is 23.3 Å². The van der Waals surface area contributed by atoms with Crippen LogP contribution in [0.15, 0.2) is 41.6 Å². The molecule has 1 fully saturated rings. The van der Waals surface area contributed by atoms with Gasteiger partial charge in [-0.25, -0.2) is 23.6 Å². The molecule has 2 aliphatic rings. The van der Waals surface area contributed by atoms with E-state index >= 15 is 0 Å². The third-order valence-electron chi connectivity index (χ3n) is 4.86. The van der Waals surface area contributed by atoms with E-state index < -0.39 is 17.7 Å². The molecule has 4 rings (SSSR count). The second kappa shape index (κ2) is 7.83. The predicted molar refractivity (Wildman–Crippen MR) is 99.0 cm³/mol. The molecule has 0 bridgehead atoms. The van der Waals surface area contributed by atoms with Gasteiger partial charge in [0.25, 0.3) is 0 Å². The smallest absolute Gasteiger partial charge is 0.341 e. The number of carbonyl (C=O) groups is 1. The molecule has 0 aliphatic carbocycles. The molecule has 2 atom stereocenters. The van der Waals surface area contributed by atoms with Gasteiger partial charge in [-0.15, -0.1) is 0 Å². The molecule has 1 aromatic carbocycles. The maximum atomic E-state index is 13.6. The van der Waals surface area contributed by atoms with Crippen molar-refractivity contribution < 1.29 is 18.3 Å². The fraction of sp³-hybridized carbons (Fsp3) is 0.300. The lowest BCUT2D eigenvalue weighted by Gasteiger charge is -2.27. The number of hydrazone groups is 1. The highest BCUT2D eigenvalue weighted by atomic mass is 19.1. The quantitative estimate of drug-likeness (QED) is 0.796. The largest absolute Gasteiger partial charge is 0.488 e. The van der Waals surface area contributed by atoms with Gasteiger partial charge >= 0.3 is 6.03 Å². The predicted octanol–water partition coefficient (Wildman–Crippen LogP) is 3.24. The van der Waals surface area contributed by atoms with Crippen LogP contribution in [0.25, 0.3) is 0 Å². The number of likely N-dealkylation sites (tertiary alicyclic amines) is 1. The van der Waals surface area contributed by atoms with Gasteiger partial charge in [0.1, 0.15) is 35.3 Å². The summed E-state index contributed by atoms with van der Waals surface area (Å²) >= 11 is 0. The van der Waals surface area contributed by atoms with Crippen molar-refractivity contribution >= 4 is 12.2 Å². The molecule has 29 heavy (non-hydrogen) atoms. The second-order valence-corrected chi connectivity index (χ2v) is 6.84. The fourth-order valence-corrected chi connectivity index (χ4v) is 3.52. The first-order chi connectivity index (χ1) is 14.0. The summed E-state index contributed by atoms with van der Waals surface area (Å²) < 4.78 is 33.0. The summed E-state index contributed by atoms with van der Waals surface area (Å²) in [6, 6.07) is 7.50. The van der Waals surface area contributed by atoms with Crippen molar-refractivity contribution in [3.8, 4) is 11.8 Å². The Balaban J connectivity index is 1.43. The van der Waals surface area contributed by atoms with Crippen molar-refractivity contribution in [3.63, 3.8) is 0 Å². The SMILES string of the molecule is N#Cc1cc(O[C@@H]2CCN(C(=O)N3N=CC[C@H]3c3cc(F)cc(F)c3)C2)ccn1. The first kappa shape index (κ1) is 18.8. The lowest BCUT2D eigenvalue weighted by Crippen LogP contribution is -2.40. The molecular weight excluding hydrogens is 380 g/mol. The van der Waals surface area contributed by atoms with Gasteiger partial charge in [0.15, 0.2) is 0 Å². The molecule has 0 spiro atoms. The summed E-state index contributed by atoms with van der Waals surface area (Å²) in [5.74, 6) is -0.866. The highest BCUT2D eigenvalue weighted by Gasteiger charge is 2.36. The first-order valence-corrected chi connectivity index (χ1v) is 9.13. The number of rotatable bonds is 3. The zero-order chi connectivity index (χ0) is 20.4. The number of amides is 2. The number of hydrogen-bond donors (Lipinski definition) is 0. The Morgan fingerprint density at radius 1 is 1.24 bits per heavy atom. The normalized spacial score (nSPS) is 20.7. The Hall–Kier alpha value is -3.54. The standard InChI is InChI=1S/C20H17F2N5O2/c21-14-7-13(8-15(22)9-14)19-2-5-25-27(19)20(28)26-6-3-18(12-26)29-17-1-4-24-16(10-17)11-23/h1,4-5,7-10,18-19H,2-3,6,12H2/t18-,19+/m1/s1. The van der Waals surface area contributed by atoms with Crippen LogP contribution < -0.4 is 4.74 Å².